The highest BCUT2D eigenvalue weighted by atomic mass is 16.5. The van der Waals surface area contributed by atoms with Gasteiger partial charge in [0.25, 0.3) is 0 Å². The molecule has 0 aromatic rings. The molecule has 0 bridgehead atoms. The predicted octanol–water partition coefficient (Wildman–Crippen LogP) is 1.39. The number of nitriles is 1. The third-order valence-corrected chi connectivity index (χ3v) is 3.90. The highest BCUT2D eigenvalue weighted by Crippen LogP contribution is 2.18. The Labute approximate surface area is 123 Å². The van der Waals surface area contributed by atoms with E-state index in [0.717, 1.165) is 32.5 Å². The van der Waals surface area contributed by atoms with E-state index in [1.807, 2.05) is 6.92 Å². The Kier molecular flexibility index (Phi) is 6.90. The van der Waals surface area contributed by atoms with Crippen molar-refractivity contribution in [3.63, 3.8) is 0 Å². The van der Waals surface area contributed by atoms with Gasteiger partial charge < -0.3 is 9.47 Å². The summed E-state index contributed by atoms with van der Waals surface area (Å²) in [6.07, 6.45) is 2.18. The van der Waals surface area contributed by atoms with Crippen LogP contribution in [0.15, 0.2) is 0 Å². The monoisotopic (exact) mass is 283 g/mol. The van der Waals surface area contributed by atoms with Crippen LogP contribution in [0.4, 0.5) is 0 Å². The molecule has 0 aromatic carbocycles. The Morgan fingerprint density at radius 2 is 1.85 bits per heavy atom. The van der Waals surface area contributed by atoms with Crippen LogP contribution in [0.25, 0.3) is 0 Å². The first-order chi connectivity index (χ1) is 9.44. The summed E-state index contributed by atoms with van der Waals surface area (Å²) in [7, 11) is 3.47. The van der Waals surface area contributed by atoms with Crippen molar-refractivity contribution in [3.05, 3.63) is 0 Å². The molecule has 0 radical (unpaired) electrons. The zero-order chi connectivity index (χ0) is 15.2. The number of nitrogens with zero attached hydrogens (tertiary/aromatic N) is 2. The normalized spacial score (nSPS) is 26.6. The van der Waals surface area contributed by atoms with Crippen molar-refractivity contribution in [2.45, 2.75) is 57.4 Å². The SMILES string of the molecule is COC1CN(CCCC(C)(C#N)NC(C)C)CC1OC. The number of likely N-dealkylation sites (tertiary alicyclic amines) is 1. The van der Waals surface area contributed by atoms with Crippen molar-refractivity contribution in [3.8, 4) is 6.07 Å². The molecule has 3 atom stereocenters. The average Bonchev–Trinajstić information content (AvgIpc) is 2.80. The van der Waals surface area contributed by atoms with E-state index in [9.17, 15) is 5.26 Å². The fourth-order valence-corrected chi connectivity index (χ4v) is 2.91. The van der Waals surface area contributed by atoms with E-state index in [-0.39, 0.29) is 12.2 Å². The van der Waals surface area contributed by atoms with Crippen molar-refractivity contribution in [2.24, 2.45) is 0 Å². The number of methoxy groups -OCH3 is 2. The lowest BCUT2D eigenvalue weighted by atomic mass is 9.96. The quantitative estimate of drug-likeness (QED) is 0.729. The molecular formula is C15H29N3O2. The Morgan fingerprint density at radius 1 is 1.30 bits per heavy atom. The Hall–Kier alpha value is -0.670. The molecule has 1 aliphatic heterocycles. The maximum absolute atomic E-state index is 9.32. The van der Waals surface area contributed by atoms with Crippen LogP contribution in [-0.2, 0) is 9.47 Å². The lowest BCUT2D eigenvalue weighted by Gasteiger charge is -2.26. The van der Waals surface area contributed by atoms with Gasteiger partial charge in [-0.3, -0.25) is 10.2 Å². The van der Waals surface area contributed by atoms with Gasteiger partial charge in [-0.25, -0.2) is 0 Å². The van der Waals surface area contributed by atoms with Gasteiger partial charge >= 0.3 is 0 Å². The molecule has 1 saturated heterocycles. The maximum atomic E-state index is 9.32. The molecule has 116 valence electrons. The van der Waals surface area contributed by atoms with Crippen molar-refractivity contribution in [1.82, 2.24) is 10.2 Å². The number of nitrogens with one attached hydrogen (secondary N) is 1. The molecule has 1 fully saturated rings. The molecule has 1 aliphatic rings. The van der Waals surface area contributed by atoms with Crippen molar-refractivity contribution < 1.29 is 9.47 Å². The molecule has 1 N–H and O–H groups in total. The number of ether oxygens (including phenoxy) is 2. The van der Waals surface area contributed by atoms with Crippen LogP contribution in [0.1, 0.15) is 33.6 Å². The van der Waals surface area contributed by atoms with Crippen LogP contribution >= 0.6 is 0 Å². The van der Waals surface area contributed by atoms with Gasteiger partial charge in [-0.15, -0.1) is 0 Å². The summed E-state index contributed by atoms with van der Waals surface area (Å²) in [5.74, 6) is 0. The zero-order valence-electron chi connectivity index (χ0n) is 13.5. The van der Waals surface area contributed by atoms with Crippen LogP contribution < -0.4 is 5.32 Å². The topological polar surface area (TPSA) is 57.5 Å². The van der Waals surface area contributed by atoms with E-state index in [4.69, 9.17) is 9.47 Å². The van der Waals surface area contributed by atoms with Crippen LogP contribution in [0.3, 0.4) is 0 Å². The summed E-state index contributed by atoms with van der Waals surface area (Å²) in [5.41, 5.74) is -0.435. The van der Waals surface area contributed by atoms with Crippen molar-refractivity contribution in [1.29, 1.82) is 5.26 Å². The second-order valence-electron chi connectivity index (χ2n) is 6.15. The molecule has 0 aliphatic carbocycles. The first-order valence-electron chi connectivity index (χ1n) is 7.41. The van der Waals surface area contributed by atoms with Gasteiger partial charge in [-0.2, -0.15) is 5.26 Å². The van der Waals surface area contributed by atoms with Gasteiger partial charge in [0.05, 0.1) is 18.3 Å². The smallest absolute Gasteiger partial charge is 0.104 e. The van der Waals surface area contributed by atoms with Crippen LogP contribution in [-0.4, -0.2) is 62.5 Å². The van der Waals surface area contributed by atoms with E-state index < -0.39 is 5.54 Å². The summed E-state index contributed by atoms with van der Waals surface area (Å²) in [6.45, 7) is 8.93. The Balaban J connectivity index is 2.36. The third kappa shape index (κ3) is 5.02. The van der Waals surface area contributed by atoms with E-state index in [1.165, 1.54) is 0 Å². The van der Waals surface area contributed by atoms with Gasteiger partial charge in [0.15, 0.2) is 0 Å². The van der Waals surface area contributed by atoms with Crippen LogP contribution in [0.5, 0.6) is 0 Å². The molecule has 0 aromatic heterocycles. The molecule has 0 spiro atoms. The average molecular weight is 283 g/mol. The van der Waals surface area contributed by atoms with E-state index >= 15 is 0 Å². The minimum absolute atomic E-state index is 0.163. The summed E-state index contributed by atoms with van der Waals surface area (Å²) >= 11 is 0. The lowest BCUT2D eigenvalue weighted by molar-refractivity contribution is -0.00461. The van der Waals surface area contributed by atoms with Crippen molar-refractivity contribution >= 4 is 0 Å². The Morgan fingerprint density at radius 3 is 2.25 bits per heavy atom. The van der Waals surface area contributed by atoms with Gasteiger partial charge in [-0.05, 0) is 40.2 Å². The summed E-state index contributed by atoms with van der Waals surface area (Å²) < 4.78 is 10.9. The molecule has 0 amide bonds. The minimum Gasteiger partial charge on any atom is -0.377 e. The number of hydrogen-bond donors (Lipinski definition) is 1. The third-order valence-electron chi connectivity index (χ3n) is 3.90. The molecule has 1 rings (SSSR count). The van der Waals surface area contributed by atoms with Gasteiger partial charge in [0, 0.05) is 33.4 Å². The standard InChI is InChI=1S/C15H29N3O2/c1-12(2)17-15(3,11-16)7-6-8-18-9-13(19-4)14(10-18)20-5/h12-14,17H,6-10H2,1-5H3. The van der Waals surface area contributed by atoms with Gasteiger partial charge in [0.2, 0.25) is 0 Å². The molecule has 5 heteroatoms. The van der Waals surface area contributed by atoms with Gasteiger partial charge in [0.1, 0.15) is 5.54 Å². The Bertz CT molecular complexity index is 318. The first kappa shape index (κ1) is 17.4. The number of rotatable bonds is 8. The highest BCUT2D eigenvalue weighted by Gasteiger charge is 2.33. The molecule has 0 saturated carbocycles. The molecule has 20 heavy (non-hydrogen) atoms. The minimum atomic E-state index is -0.435. The van der Waals surface area contributed by atoms with Crippen molar-refractivity contribution in [2.75, 3.05) is 33.9 Å². The lowest BCUT2D eigenvalue weighted by Crippen LogP contribution is -2.45. The fraction of sp³-hybridized carbons (Fsp3) is 0.933. The number of hydrogen-bond acceptors (Lipinski definition) is 5. The van der Waals surface area contributed by atoms with E-state index in [0.29, 0.717) is 6.04 Å². The largest absolute Gasteiger partial charge is 0.377 e. The van der Waals surface area contributed by atoms with Gasteiger partial charge in [-0.1, -0.05) is 0 Å². The van der Waals surface area contributed by atoms with Crippen LogP contribution in [0, 0.1) is 11.3 Å². The van der Waals surface area contributed by atoms with Crippen LogP contribution in [0.2, 0.25) is 0 Å². The highest BCUT2D eigenvalue weighted by molar-refractivity contribution is 5.04. The van der Waals surface area contributed by atoms with E-state index in [1.54, 1.807) is 14.2 Å². The molecule has 3 unspecified atom stereocenters. The molecule has 5 nitrogen and oxygen atoms in total. The molecule has 1 heterocycles. The maximum Gasteiger partial charge on any atom is 0.104 e. The fourth-order valence-electron chi connectivity index (χ4n) is 2.91. The second-order valence-corrected chi connectivity index (χ2v) is 6.15. The summed E-state index contributed by atoms with van der Waals surface area (Å²) in [5, 5.41) is 12.7. The molecular weight excluding hydrogens is 254 g/mol. The zero-order valence-corrected chi connectivity index (χ0v) is 13.5. The summed E-state index contributed by atoms with van der Waals surface area (Å²) in [4.78, 5) is 2.36. The predicted molar refractivity (Wildman–Crippen MR) is 79.6 cm³/mol. The first-order valence-corrected chi connectivity index (χ1v) is 7.41. The summed E-state index contributed by atoms with van der Waals surface area (Å²) in [6, 6.07) is 2.72. The van der Waals surface area contributed by atoms with E-state index in [2.05, 4.69) is 30.1 Å². The second kappa shape index (κ2) is 7.94.